The van der Waals surface area contributed by atoms with E-state index in [0.717, 1.165) is 5.56 Å². The van der Waals surface area contributed by atoms with Crippen molar-refractivity contribution in [3.63, 3.8) is 0 Å². The molecule has 0 aliphatic carbocycles. The zero-order chi connectivity index (χ0) is 13.3. The molecule has 0 aromatic heterocycles. The van der Waals surface area contributed by atoms with Gasteiger partial charge in [0.15, 0.2) is 5.75 Å². The normalized spacial score (nSPS) is 10.4. The summed E-state index contributed by atoms with van der Waals surface area (Å²) in [5.74, 6) is 1.000. The van der Waals surface area contributed by atoms with Crippen LogP contribution in [0.5, 0.6) is 11.5 Å². The zero-order valence-corrected chi connectivity index (χ0v) is 11.8. The SMILES string of the molecule is Cc1cc(Oc2c(Cl)cc(N)cc2Cl)ccc1Cl. The van der Waals surface area contributed by atoms with Crippen molar-refractivity contribution in [1.29, 1.82) is 0 Å². The standard InChI is InChI=1S/C13H10Cl3NO/c1-7-4-9(2-3-10(7)14)18-13-11(15)5-8(17)6-12(13)16/h2-6H,17H2,1H3. The summed E-state index contributed by atoms with van der Waals surface area (Å²) in [7, 11) is 0. The summed E-state index contributed by atoms with van der Waals surface area (Å²) in [6, 6.07) is 8.49. The van der Waals surface area contributed by atoms with E-state index in [0.29, 0.717) is 32.3 Å². The topological polar surface area (TPSA) is 35.2 Å². The van der Waals surface area contributed by atoms with Crippen molar-refractivity contribution in [2.24, 2.45) is 0 Å². The number of nitrogen functional groups attached to an aromatic ring is 1. The maximum Gasteiger partial charge on any atom is 0.164 e. The molecule has 18 heavy (non-hydrogen) atoms. The fourth-order valence-corrected chi connectivity index (χ4v) is 2.17. The average molecular weight is 303 g/mol. The predicted octanol–water partition coefficient (Wildman–Crippen LogP) is 5.33. The van der Waals surface area contributed by atoms with Crippen molar-refractivity contribution in [2.45, 2.75) is 6.92 Å². The first-order valence-corrected chi connectivity index (χ1v) is 6.29. The largest absolute Gasteiger partial charge is 0.454 e. The zero-order valence-electron chi connectivity index (χ0n) is 9.51. The van der Waals surface area contributed by atoms with Gasteiger partial charge in [-0.05, 0) is 42.8 Å². The molecule has 0 aliphatic heterocycles. The average Bonchev–Trinajstić information content (AvgIpc) is 2.28. The van der Waals surface area contributed by atoms with E-state index in [-0.39, 0.29) is 0 Å². The van der Waals surface area contributed by atoms with Crippen LogP contribution in [0.2, 0.25) is 15.1 Å². The third kappa shape index (κ3) is 2.83. The van der Waals surface area contributed by atoms with Gasteiger partial charge in [-0.1, -0.05) is 34.8 Å². The van der Waals surface area contributed by atoms with Gasteiger partial charge >= 0.3 is 0 Å². The highest BCUT2D eigenvalue weighted by Crippen LogP contribution is 2.38. The number of anilines is 1. The van der Waals surface area contributed by atoms with Gasteiger partial charge < -0.3 is 10.5 Å². The summed E-state index contributed by atoms with van der Waals surface area (Å²) in [5.41, 5.74) is 7.03. The minimum absolute atomic E-state index is 0.368. The predicted molar refractivity (Wildman–Crippen MR) is 77.1 cm³/mol. The Balaban J connectivity index is 2.37. The van der Waals surface area contributed by atoms with Crippen LogP contribution in [0.4, 0.5) is 5.69 Å². The van der Waals surface area contributed by atoms with Gasteiger partial charge in [0.2, 0.25) is 0 Å². The van der Waals surface area contributed by atoms with Crippen molar-refractivity contribution in [3.8, 4) is 11.5 Å². The monoisotopic (exact) mass is 301 g/mol. The Bertz CT molecular complexity index is 576. The first-order valence-electron chi connectivity index (χ1n) is 5.16. The van der Waals surface area contributed by atoms with Crippen LogP contribution in [-0.4, -0.2) is 0 Å². The van der Waals surface area contributed by atoms with E-state index in [9.17, 15) is 0 Å². The van der Waals surface area contributed by atoms with Gasteiger partial charge in [0.25, 0.3) is 0 Å². The Morgan fingerprint density at radius 3 is 2.11 bits per heavy atom. The Morgan fingerprint density at radius 1 is 0.944 bits per heavy atom. The molecule has 0 bridgehead atoms. The smallest absolute Gasteiger partial charge is 0.164 e. The Labute approximate surface area is 120 Å². The van der Waals surface area contributed by atoms with E-state index < -0.39 is 0 Å². The van der Waals surface area contributed by atoms with Crippen molar-refractivity contribution in [3.05, 3.63) is 51.0 Å². The minimum atomic E-state index is 0.368. The summed E-state index contributed by atoms with van der Waals surface area (Å²) < 4.78 is 5.65. The van der Waals surface area contributed by atoms with Crippen LogP contribution in [0.1, 0.15) is 5.56 Å². The van der Waals surface area contributed by atoms with Crippen LogP contribution in [0, 0.1) is 6.92 Å². The first-order chi connectivity index (χ1) is 8.47. The van der Waals surface area contributed by atoms with Gasteiger partial charge in [-0.25, -0.2) is 0 Å². The Hall–Kier alpha value is -1.09. The van der Waals surface area contributed by atoms with Crippen molar-refractivity contribution in [1.82, 2.24) is 0 Å². The molecule has 0 aliphatic rings. The second-order valence-electron chi connectivity index (χ2n) is 3.83. The van der Waals surface area contributed by atoms with Gasteiger partial charge in [-0.2, -0.15) is 0 Å². The number of aryl methyl sites for hydroxylation is 1. The highest BCUT2D eigenvalue weighted by molar-refractivity contribution is 6.37. The van der Waals surface area contributed by atoms with Gasteiger partial charge in [-0.15, -0.1) is 0 Å². The van der Waals surface area contributed by atoms with E-state index in [4.69, 9.17) is 45.3 Å². The maximum absolute atomic E-state index is 6.04. The molecule has 0 unspecified atom stereocenters. The molecule has 0 fully saturated rings. The molecule has 0 saturated heterocycles. The van der Waals surface area contributed by atoms with E-state index in [1.54, 1.807) is 24.3 Å². The molecule has 2 N–H and O–H groups in total. The summed E-state index contributed by atoms with van der Waals surface area (Å²) in [5, 5.41) is 1.41. The van der Waals surface area contributed by atoms with Crippen molar-refractivity contribution < 1.29 is 4.74 Å². The van der Waals surface area contributed by atoms with E-state index >= 15 is 0 Å². The van der Waals surface area contributed by atoms with Crippen molar-refractivity contribution >= 4 is 40.5 Å². The molecule has 0 atom stereocenters. The Morgan fingerprint density at radius 2 is 1.56 bits per heavy atom. The minimum Gasteiger partial charge on any atom is -0.454 e. The molecule has 0 heterocycles. The first kappa shape index (κ1) is 13.3. The van der Waals surface area contributed by atoms with Gasteiger partial charge in [-0.3, -0.25) is 0 Å². The van der Waals surface area contributed by atoms with E-state index in [1.807, 2.05) is 13.0 Å². The van der Waals surface area contributed by atoms with Gasteiger partial charge in [0, 0.05) is 10.7 Å². The maximum atomic E-state index is 6.04. The highest BCUT2D eigenvalue weighted by atomic mass is 35.5. The van der Waals surface area contributed by atoms with Crippen LogP contribution in [-0.2, 0) is 0 Å². The molecular weight excluding hydrogens is 293 g/mol. The number of hydrogen-bond donors (Lipinski definition) is 1. The summed E-state index contributed by atoms with van der Waals surface area (Å²) in [6.45, 7) is 1.89. The van der Waals surface area contributed by atoms with Crippen molar-refractivity contribution in [2.75, 3.05) is 5.73 Å². The lowest BCUT2D eigenvalue weighted by Gasteiger charge is -2.11. The molecular formula is C13H10Cl3NO. The summed E-state index contributed by atoms with van der Waals surface area (Å²) in [6.07, 6.45) is 0. The second-order valence-corrected chi connectivity index (χ2v) is 5.05. The number of hydrogen-bond acceptors (Lipinski definition) is 2. The Kier molecular flexibility index (Phi) is 3.91. The number of rotatable bonds is 2. The fraction of sp³-hybridized carbons (Fsp3) is 0.0769. The number of halogens is 3. The lowest BCUT2D eigenvalue weighted by atomic mass is 10.2. The fourth-order valence-electron chi connectivity index (χ4n) is 1.48. The van der Waals surface area contributed by atoms with Gasteiger partial charge in [0.05, 0.1) is 10.0 Å². The second kappa shape index (κ2) is 5.27. The third-order valence-electron chi connectivity index (χ3n) is 2.37. The highest BCUT2D eigenvalue weighted by Gasteiger charge is 2.10. The van der Waals surface area contributed by atoms with E-state index in [2.05, 4.69) is 0 Å². The summed E-state index contributed by atoms with van der Waals surface area (Å²) in [4.78, 5) is 0. The molecule has 2 rings (SSSR count). The van der Waals surface area contributed by atoms with Gasteiger partial charge in [0.1, 0.15) is 5.75 Å². The lowest BCUT2D eigenvalue weighted by Crippen LogP contribution is -1.90. The molecule has 2 aromatic rings. The molecule has 2 nitrogen and oxygen atoms in total. The third-order valence-corrected chi connectivity index (χ3v) is 3.36. The molecule has 0 radical (unpaired) electrons. The summed E-state index contributed by atoms with van der Waals surface area (Å²) >= 11 is 18.0. The molecule has 94 valence electrons. The number of ether oxygens (including phenoxy) is 1. The number of nitrogens with two attached hydrogens (primary N) is 1. The molecule has 0 spiro atoms. The quantitative estimate of drug-likeness (QED) is 0.761. The van der Waals surface area contributed by atoms with Crippen LogP contribution in [0.3, 0.4) is 0 Å². The van der Waals surface area contributed by atoms with Crippen LogP contribution in [0.15, 0.2) is 30.3 Å². The lowest BCUT2D eigenvalue weighted by molar-refractivity contribution is 0.483. The van der Waals surface area contributed by atoms with E-state index in [1.165, 1.54) is 0 Å². The molecule has 2 aromatic carbocycles. The van der Waals surface area contributed by atoms with Crippen LogP contribution >= 0.6 is 34.8 Å². The van der Waals surface area contributed by atoms with Crippen LogP contribution < -0.4 is 10.5 Å². The molecule has 5 heteroatoms. The molecule has 0 saturated carbocycles. The molecule has 0 amide bonds. The number of benzene rings is 2. The van der Waals surface area contributed by atoms with Crippen LogP contribution in [0.25, 0.3) is 0 Å².